The second-order valence-corrected chi connectivity index (χ2v) is 9.57. The minimum Gasteiger partial charge on any atom is -0.325 e. The molecule has 1 nitrogen and oxygen atoms in total. The Hall–Kier alpha value is -3.10. The lowest BCUT2D eigenvalue weighted by Gasteiger charge is -2.43. The van der Waals surface area contributed by atoms with Crippen LogP contribution in [0.25, 0.3) is 0 Å². The van der Waals surface area contributed by atoms with Gasteiger partial charge in [-0.1, -0.05) is 127 Å². The second-order valence-electron chi connectivity index (χ2n) is 9.57. The lowest BCUT2D eigenvalue weighted by Crippen LogP contribution is -2.68. The van der Waals surface area contributed by atoms with Gasteiger partial charge < -0.3 is 4.48 Å². The predicted octanol–water partition coefficient (Wildman–Crippen LogP) is 5.82. The van der Waals surface area contributed by atoms with Crippen LogP contribution >= 0.6 is 0 Å². The van der Waals surface area contributed by atoms with Gasteiger partial charge in [-0.2, -0.15) is 16.4 Å². The lowest BCUT2D eigenvalue weighted by molar-refractivity contribution is -0.921. The van der Waals surface area contributed by atoms with E-state index < -0.39 is 6.15 Å². The van der Waals surface area contributed by atoms with Crippen molar-refractivity contribution in [3.63, 3.8) is 0 Å². The average molecular weight is 464 g/mol. The van der Waals surface area contributed by atoms with E-state index in [1.807, 2.05) is 0 Å². The zero-order chi connectivity index (χ0) is 25.0. The van der Waals surface area contributed by atoms with Gasteiger partial charge in [-0.25, -0.2) is 0 Å². The van der Waals surface area contributed by atoms with Crippen LogP contribution in [0.1, 0.15) is 33.3 Å². The number of hydrogen-bond donors (Lipinski definition) is 0. The molecule has 0 aromatic heterocycles. The van der Waals surface area contributed by atoms with Crippen LogP contribution in [-0.2, 0) is 6.32 Å². The summed E-state index contributed by atoms with van der Waals surface area (Å²) in [5, 5.41) is 0. The molecule has 0 heterocycles. The molecule has 4 rings (SSSR count). The molecule has 0 unspecified atom stereocenters. The van der Waals surface area contributed by atoms with Crippen LogP contribution in [0.15, 0.2) is 121 Å². The van der Waals surface area contributed by atoms with Crippen LogP contribution in [0.2, 0.25) is 0 Å². The van der Waals surface area contributed by atoms with Gasteiger partial charge in [0.2, 0.25) is 0 Å². The van der Waals surface area contributed by atoms with Crippen molar-refractivity contribution < 1.29 is 4.48 Å². The highest BCUT2D eigenvalue weighted by Crippen LogP contribution is 2.15. The summed E-state index contributed by atoms with van der Waals surface area (Å²) in [6.45, 7) is 14.2. The summed E-state index contributed by atoms with van der Waals surface area (Å²) >= 11 is 0. The standard InChI is InChI=1S/C25H22B.C8H20N/c1-5-13-22(14-6-1)21-26(23-15-7-2-8-16-23,24-17-9-3-10-18-24)25-19-11-4-12-20-25;1-5-9(6-2,7-3)8-4/h1-20H,21H2;5-8H2,1-4H3/q-1;+1. The maximum absolute atomic E-state index is 2.28. The van der Waals surface area contributed by atoms with Crippen LogP contribution in [-0.4, -0.2) is 36.8 Å². The average Bonchev–Trinajstić information content (AvgIpc) is 2.96. The number of benzene rings is 4. The first-order valence-corrected chi connectivity index (χ1v) is 13.4. The molecule has 0 aliphatic heterocycles. The van der Waals surface area contributed by atoms with E-state index in [2.05, 4.69) is 149 Å². The SMILES string of the molecule is CC[N+](CC)(CC)CC.c1ccc(C[B-](c2ccccc2)(c2ccccc2)c2ccccc2)cc1. The largest absolute Gasteiger partial charge is 0.325 e. The fraction of sp³-hybridized carbons (Fsp3) is 0.273. The van der Waals surface area contributed by atoms with E-state index >= 15 is 0 Å². The highest BCUT2D eigenvalue weighted by molar-refractivity contribution is 7.11. The molecule has 0 spiro atoms. The molecule has 0 saturated carbocycles. The molecule has 182 valence electrons. The van der Waals surface area contributed by atoms with Gasteiger partial charge in [-0.3, -0.25) is 0 Å². The monoisotopic (exact) mass is 463 g/mol. The molecular weight excluding hydrogens is 421 g/mol. The van der Waals surface area contributed by atoms with E-state index in [4.69, 9.17) is 0 Å². The summed E-state index contributed by atoms with van der Waals surface area (Å²) in [4.78, 5) is 0. The Bertz CT molecular complexity index is 977. The van der Waals surface area contributed by atoms with Crippen LogP contribution in [0.3, 0.4) is 0 Å². The molecule has 0 aliphatic rings. The second kappa shape index (κ2) is 13.1. The maximum Gasteiger partial charge on any atom is 0.0856 e. The maximum atomic E-state index is 2.28. The molecule has 0 aliphatic carbocycles. The molecule has 4 aromatic rings. The van der Waals surface area contributed by atoms with Gasteiger partial charge >= 0.3 is 0 Å². The Balaban J connectivity index is 0.000000327. The third-order valence-electron chi connectivity index (χ3n) is 8.17. The van der Waals surface area contributed by atoms with Gasteiger partial charge in [-0.15, -0.1) is 6.32 Å². The van der Waals surface area contributed by atoms with Crippen molar-refractivity contribution in [3.05, 3.63) is 127 Å². The minimum absolute atomic E-state index is 0.985. The molecule has 2 heteroatoms. The first-order valence-electron chi connectivity index (χ1n) is 13.4. The minimum atomic E-state index is -1.09. The predicted molar refractivity (Wildman–Crippen MR) is 157 cm³/mol. The molecule has 0 saturated heterocycles. The molecule has 0 bridgehead atoms. The molecule has 0 N–H and O–H groups in total. The van der Waals surface area contributed by atoms with Crippen LogP contribution in [0.4, 0.5) is 0 Å². The molecule has 0 fully saturated rings. The van der Waals surface area contributed by atoms with Crippen LogP contribution < -0.4 is 16.4 Å². The summed E-state index contributed by atoms with van der Waals surface area (Å²) in [5.41, 5.74) is 5.51. The third-order valence-corrected chi connectivity index (χ3v) is 8.17. The third kappa shape index (κ3) is 6.32. The Morgan fingerprint density at radius 3 is 0.971 bits per heavy atom. The van der Waals surface area contributed by atoms with Gasteiger partial charge in [0.05, 0.1) is 32.3 Å². The summed E-state index contributed by atoms with van der Waals surface area (Å²) in [5.74, 6) is 0. The molecule has 0 amide bonds. The molecule has 0 radical (unpaired) electrons. The van der Waals surface area contributed by atoms with Gasteiger partial charge in [0.1, 0.15) is 0 Å². The number of quaternary nitrogens is 1. The van der Waals surface area contributed by atoms with Gasteiger partial charge in [0.15, 0.2) is 0 Å². The van der Waals surface area contributed by atoms with Crippen LogP contribution in [0, 0.1) is 0 Å². The fourth-order valence-electron chi connectivity index (χ4n) is 5.58. The molecule has 4 aromatic carbocycles. The van der Waals surface area contributed by atoms with E-state index in [-0.39, 0.29) is 0 Å². The van der Waals surface area contributed by atoms with Gasteiger partial charge in [0, 0.05) is 0 Å². The van der Waals surface area contributed by atoms with E-state index in [0.29, 0.717) is 0 Å². The number of nitrogens with zero attached hydrogens (tertiary/aromatic N) is 1. The lowest BCUT2D eigenvalue weighted by atomic mass is 9.14. The molecule has 35 heavy (non-hydrogen) atoms. The first kappa shape index (κ1) is 26.5. The quantitative estimate of drug-likeness (QED) is 0.217. The molecule has 0 atom stereocenters. The Morgan fingerprint density at radius 2 is 0.714 bits per heavy atom. The Kier molecular flexibility index (Phi) is 9.93. The summed E-state index contributed by atoms with van der Waals surface area (Å²) in [6.07, 6.45) is -0.109. The van der Waals surface area contributed by atoms with E-state index in [9.17, 15) is 0 Å². The van der Waals surface area contributed by atoms with Crippen molar-refractivity contribution in [2.75, 3.05) is 26.2 Å². The summed E-state index contributed by atoms with van der Waals surface area (Å²) in [6, 6.07) is 43.8. The summed E-state index contributed by atoms with van der Waals surface area (Å²) < 4.78 is 1.28. The zero-order valence-electron chi connectivity index (χ0n) is 22.1. The normalized spacial score (nSPS) is 11.4. The van der Waals surface area contributed by atoms with Crippen molar-refractivity contribution in [1.82, 2.24) is 0 Å². The fourth-order valence-corrected chi connectivity index (χ4v) is 5.58. The van der Waals surface area contributed by atoms with Crippen molar-refractivity contribution in [1.29, 1.82) is 0 Å². The van der Waals surface area contributed by atoms with Gasteiger partial charge in [-0.05, 0) is 27.7 Å². The zero-order valence-corrected chi connectivity index (χ0v) is 22.1. The van der Waals surface area contributed by atoms with E-state index in [1.54, 1.807) is 0 Å². The van der Waals surface area contributed by atoms with Crippen molar-refractivity contribution >= 4 is 22.5 Å². The highest BCUT2D eigenvalue weighted by Gasteiger charge is 2.29. The highest BCUT2D eigenvalue weighted by atomic mass is 15.3. The smallest absolute Gasteiger partial charge is 0.0856 e. The first-order chi connectivity index (χ1) is 17.1. The van der Waals surface area contributed by atoms with E-state index in [1.165, 1.54) is 52.6 Å². The van der Waals surface area contributed by atoms with Crippen molar-refractivity contribution in [2.24, 2.45) is 0 Å². The number of rotatable bonds is 9. The Labute approximate surface area is 214 Å². The van der Waals surface area contributed by atoms with E-state index in [0.717, 1.165) is 6.32 Å². The van der Waals surface area contributed by atoms with Gasteiger partial charge in [0.25, 0.3) is 0 Å². The van der Waals surface area contributed by atoms with Crippen molar-refractivity contribution in [2.45, 2.75) is 34.0 Å². The van der Waals surface area contributed by atoms with Crippen LogP contribution in [0.5, 0.6) is 0 Å². The van der Waals surface area contributed by atoms with Crippen molar-refractivity contribution in [3.8, 4) is 0 Å². The molecular formula is C33H42BN. The Morgan fingerprint density at radius 1 is 0.429 bits per heavy atom. The summed E-state index contributed by atoms with van der Waals surface area (Å²) in [7, 11) is 0. The topological polar surface area (TPSA) is 0 Å². The number of hydrogen-bond acceptors (Lipinski definition) is 0.